The Morgan fingerprint density at radius 3 is 1.89 bits per heavy atom. The maximum Gasteiger partial charge on any atom is 0.145 e. The van der Waals surface area contributed by atoms with E-state index in [0.29, 0.717) is 0 Å². The molecule has 0 N–H and O–H groups in total. The molecule has 0 spiro atoms. The van der Waals surface area contributed by atoms with Gasteiger partial charge in [-0.05, 0) is 115 Å². The summed E-state index contributed by atoms with van der Waals surface area (Å²) in [4.78, 5) is 7.71. The van der Waals surface area contributed by atoms with Gasteiger partial charge in [0.05, 0.1) is 33.6 Å². The first-order valence-corrected chi connectivity index (χ1v) is 23.1. The molecule has 1 aliphatic heterocycles. The molecule has 3 atom stereocenters. The lowest BCUT2D eigenvalue weighted by atomic mass is 9.82. The molecule has 4 heterocycles. The van der Waals surface area contributed by atoms with Crippen LogP contribution in [0.2, 0.25) is 0 Å². The fourth-order valence-corrected chi connectivity index (χ4v) is 11.4. The van der Waals surface area contributed by atoms with Gasteiger partial charge < -0.3 is 14.0 Å². The van der Waals surface area contributed by atoms with Crippen LogP contribution in [0.25, 0.3) is 84.3 Å². The highest BCUT2D eigenvalue weighted by Gasteiger charge is 2.39. The molecule has 14 rings (SSSR count). The maximum absolute atomic E-state index is 5.14. The summed E-state index contributed by atoms with van der Waals surface area (Å²) in [6, 6.07) is 72.6. The van der Waals surface area contributed by atoms with Crippen molar-refractivity contribution in [1.29, 1.82) is 0 Å². The molecule has 312 valence electrons. The summed E-state index contributed by atoms with van der Waals surface area (Å²) >= 11 is 0. The third-order valence-corrected chi connectivity index (χ3v) is 14.3. The quantitative estimate of drug-likeness (QED) is 0.167. The van der Waals surface area contributed by atoms with E-state index in [-0.39, 0.29) is 17.9 Å². The molecule has 66 heavy (non-hydrogen) atoms. The smallest absolute Gasteiger partial charge is 0.145 e. The second kappa shape index (κ2) is 14.6. The second-order valence-corrected chi connectivity index (χ2v) is 17.9. The highest BCUT2D eigenvalue weighted by atomic mass is 15.2. The van der Waals surface area contributed by atoms with E-state index in [1.54, 1.807) is 0 Å². The standard InChI is InChI=1S/C61H43N5/c1-3-15-43(16-4-1)63-55-24-12-9-21-49(55)52-39-46(33-36-59(52)63)65-56-25-13-8-20-48(56)51-38-42(30-35-58(51)65)41-29-34-57-50(37-41)47-19-7-11-23-54(47)64(57)45-31-27-40(28-32-45)61-62-53-22-10-14-26-60(53)66(61)44-17-5-2-6-18-44/h1-28,30-39,41,51,58H,29H2. The van der Waals surface area contributed by atoms with Crippen molar-refractivity contribution in [3.63, 3.8) is 0 Å². The van der Waals surface area contributed by atoms with Crippen LogP contribution < -0.4 is 15.5 Å². The maximum atomic E-state index is 5.14. The zero-order chi connectivity index (χ0) is 43.3. The summed E-state index contributed by atoms with van der Waals surface area (Å²) in [5, 5.41) is 6.39. The zero-order valence-corrected chi connectivity index (χ0v) is 36.1. The fraction of sp³-hybridized carbons (Fsp3) is 0.0656. The van der Waals surface area contributed by atoms with Crippen LogP contribution in [-0.4, -0.2) is 24.7 Å². The van der Waals surface area contributed by atoms with E-state index < -0.39 is 0 Å². The predicted molar refractivity (Wildman–Crippen MR) is 273 cm³/mol. The van der Waals surface area contributed by atoms with Crippen LogP contribution in [0.15, 0.2) is 224 Å². The van der Waals surface area contributed by atoms with Gasteiger partial charge in [-0.3, -0.25) is 4.57 Å². The third-order valence-electron chi connectivity index (χ3n) is 14.3. The molecule has 0 bridgehead atoms. The van der Waals surface area contributed by atoms with Crippen molar-refractivity contribution in [2.75, 3.05) is 4.90 Å². The van der Waals surface area contributed by atoms with Gasteiger partial charge in [0.15, 0.2) is 0 Å². The first-order valence-electron chi connectivity index (χ1n) is 23.1. The normalized spacial score (nSPS) is 17.4. The Labute approximate surface area is 382 Å². The minimum atomic E-state index is 0.184. The Morgan fingerprint density at radius 1 is 0.470 bits per heavy atom. The molecule has 2 aliphatic carbocycles. The van der Waals surface area contributed by atoms with Gasteiger partial charge in [0, 0.05) is 72.6 Å². The Morgan fingerprint density at radius 2 is 1.09 bits per heavy atom. The van der Waals surface area contributed by atoms with Crippen molar-refractivity contribution in [2.24, 2.45) is 5.92 Å². The first-order chi connectivity index (χ1) is 32.7. The number of benzene rings is 8. The number of hydrogen-bond donors (Lipinski definition) is 0. The number of para-hydroxylation sites is 7. The fourth-order valence-electron chi connectivity index (χ4n) is 11.4. The average Bonchev–Trinajstić information content (AvgIpc) is 4.13. The number of imidazole rings is 1. The zero-order valence-electron chi connectivity index (χ0n) is 36.1. The largest absolute Gasteiger partial charge is 0.333 e. The Balaban J connectivity index is 0.819. The van der Waals surface area contributed by atoms with Crippen LogP contribution >= 0.6 is 0 Å². The predicted octanol–water partition coefficient (Wildman–Crippen LogP) is 13.1. The lowest BCUT2D eigenvalue weighted by Gasteiger charge is -2.31. The third kappa shape index (κ3) is 5.56. The highest BCUT2D eigenvalue weighted by Crippen LogP contribution is 2.50. The van der Waals surface area contributed by atoms with Crippen LogP contribution in [0.4, 0.5) is 11.4 Å². The molecule has 0 saturated carbocycles. The first kappa shape index (κ1) is 37.0. The summed E-state index contributed by atoms with van der Waals surface area (Å²) in [6.45, 7) is 0. The van der Waals surface area contributed by atoms with Gasteiger partial charge in [-0.15, -0.1) is 0 Å². The van der Waals surface area contributed by atoms with E-state index in [1.165, 1.54) is 71.5 Å². The topological polar surface area (TPSA) is 30.9 Å². The SMILES string of the molecule is C1=CC2C(C=C1C1C=c3c(n(-c4ccc(-c5nc6ccccc6n5-c5ccccc5)cc4)c4ccccc34)=CC1)c1ccccc1N2c1ccc2c(c1)c1ccccc1n2-c1ccccc1. The van der Waals surface area contributed by atoms with Crippen LogP contribution in [0, 0.1) is 5.92 Å². The summed E-state index contributed by atoms with van der Waals surface area (Å²) in [5.41, 5.74) is 15.5. The summed E-state index contributed by atoms with van der Waals surface area (Å²) in [6.07, 6.45) is 13.4. The van der Waals surface area contributed by atoms with Crippen molar-refractivity contribution in [3.8, 4) is 28.5 Å². The molecule has 3 aromatic heterocycles. The van der Waals surface area contributed by atoms with Gasteiger partial charge >= 0.3 is 0 Å². The lowest BCUT2D eigenvalue weighted by Crippen LogP contribution is -2.33. The number of allylic oxidation sites excluding steroid dienone is 2. The summed E-state index contributed by atoms with van der Waals surface area (Å²) < 4.78 is 7.11. The van der Waals surface area contributed by atoms with Crippen LogP contribution in [0.1, 0.15) is 17.9 Å². The van der Waals surface area contributed by atoms with E-state index in [9.17, 15) is 0 Å². The Bertz CT molecular complexity index is 3920. The average molecular weight is 846 g/mol. The molecule has 5 nitrogen and oxygen atoms in total. The van der Waals surface area contributed by atoms with E-state index >= 15 is 0 Å². The van der Waals surface area contributed by atoms with Gasteiger partial charge in [-0.1, -0.05) is 134 Å². The van der Waals surface area contributed by atoms with Gasteiger partial charge in [0.2, 0.25) is 0 Å². The Hall–Kier alpha value is -8.41. The van der Waals surface area contributed by atoms with Crippen molar-refractivity contribution in [1.82, 2.24) is 18.7 Å². The number of aromatic nitrogens is 4. The Kier molecular flexibility index (Phi) is 8.17. The summed E-state index contributed by atoms with van der Waals surface area (Å²) in [5.74, 6) is 1.45. The van der Waals surface area contributed by atoms with Crippen LogP contribution in [-0.2, 0) is 0 Å². The molecular formula is C61H43N5. The van der Waals surface area contributed by atoms with Crippen molar-refractivity contribution < 1.29 is 0 Å². The van der Waals surface area contributed by atoms with Crippen LogP contribution in [0.5, 0.6) is 0 Å². The molecule has 8 aromatic carbocycles. The molecule has 0 radical (unpaired) electrons. The van der Waals surface area contributed by atoms with Crippen molar-refractivity contribution >= 4 is 67.3 Å². The lowest BCUT2D eigenvalue weighted by molar-refractivity contribution is 0.717. The molecule has 5 heteroatoms. The highest BCUT2D eigenvalue weighted by molar-refractivity contribution is 6.10. The van der Waals surface area contributed by atoms with Gasteiger partial charge in [0.1, 0.15) is 5.82 Å². The monoisotopic (exact) mass is 845 g/mol. The number of rotatable bonds is 6. The van der Waals surface area contributed by atoms with Crippen molar-refractivity contribution in [2.45, 2.75) is 18.4 Å². The minimum absolute atomic E-state index is 0.184. The van der Waals surface area contributed by atoms with E-state index in [4.69, 9.17) is 4.98 Å². The van der Waals surface area contributed by atoms with Gasteiger partial charge in [-0.25, -0.2) is 4.98 Å². The molecule has 3 unspecified atom stereocenters. The molecule has 3 aliphatic rings. The van der Waals surface area contributed by atoms with E-state index in [2.05, 4.69) is 249 Å². The molecule has 0 amide bonds. The molecule has 11 aromatic rings. The summed E-state index contributed by atoms with van der Waals surface area (Å²) in [7, 11) is 0. The second-order valence-electron chi connectivity index (χ2n) is 17.9. The molecule has 0 saturated heterocycles. The van der Waals surface area contributed by atoms with E-state index in [0.717, 1.165) is 40.2 Å². The molecular weight excluding hydrogens is 803 g/mol. The van der Waals surface area contributed by atoms with Gasteiger partial charge in [-0.2, -0.15) is 0 Å². The van der Waals surface area contributed by atoms with Gasteiger partial charge in [0.25, 0.3) is 0 Å². The van der Waals surface area contributed by atoms with Crippen molar-refractivity contribution in [3.05, 3.63) is 240 Å². The molecule has 0 fully saturated rings. The minimum Gasteiger partial charge on any atom is -0.333 e. The van der Waals surface area contributed by atoms with Crippen LogP contribution in [0.3, 0.4) is 0 Å². The number of fused-ring (bicyclic) bond motifs is 10. The van der Waals surface area contributed by atoms with E-state index in [1.807, 2.05) is 0 Å². The number of nitrogens with zero attached hydrogens (tertiary/aromatic N) is 5. The number of anilines is 2. The number of hydrogen-bond acceptors (Lipinski definition) is 2.